The van der Waals surface area contributed by atoms with Crippen molar-refractivity contribution in [3.63, 3.8) is 0 Å². The fourth-order valence-electron chi connectivity index (χ4n) is 0.597. The van der Waals surface area contributed by atoms with Gasteiger partial charge < -0.3 is 0 Å². The molecule has 0 fully saturated rings. The van der Waals surface area contributed by atoms with Crippen molar-refractivity contribution in [3.8, 4) is 0 Å². The Morgan fingerprint density at radius 1 is 1.40 bits per heavy atom. The van der Waals surface area contributed by atoms with Crippen LogP contribution in [0.25, 0.3) is 0 Å². The zero-order valence-electron chi connectivity index (χ0n) is 6.07. The van der Waals surface area contributed by atoms with E-state index in [-0.39, 0.29) is 0 Å². The van der Waals surface area contributed by atoms with Crippen LogP contribution in [-0.4, -0.2) is 13.2 Å². The molecule has 0 aromatic rings. The second-order valence-electron chi connectivity index (χ2n) is 1.96. The zero-order valence-corrected chi connectivity index (χ0v) is 8.50. The molecule has 0 bridgehead atoms. The van der Waals surface area contributed by atoms with Gasteiger partial charge in [0.25, 0.3) is 0 Å². The molecule has 0 heterocycles. The predicted molar refractivity (Wildman–Crippen MR) is 32.8 cm³/mol. The Balaban J connectivity index is 3.87. The van der Waals surface area contributed by atoms with E-state index in [0.717, 1.165) is 12.1 Å². The third-order valence-corrected chi connectivity index (χ3v) is 5.92. The van der Waals surface area contributed by atoms with Gasteiger partial charge in [0.15, 0.2) is 0 Å². The topological polar surface area (TPSA) is 63.6 Å². The molecule has 0 radical (unpaired) electrons. The Bertz CT molecular complexity index is 172. The number of rotatable bonds is 4. The van der Waals surface area contributed by atoms with Gasteiger partial charge in [0, 0.05) is 0 Å². The van der Waals surface area contributed by atoms with Gasteiger partial charge in [0.05, 0.1) is 0 Å². The Hall–Kier alpha value is 0.269. The predicted octanol–water partition coefficient (Wildman–Crippen LogP) is 0.434. The second-order valence-corrected chi connectivity index (χ2v) is 7.27. The van der Waals surface area contributed by atoms with Crippen molar-refractivity contribution in [2.24, 2.45) is 0 Å². The zero-order chi connectivity index (χ0) is 8.20. The molecule has 62 valence electrons. The van der Waals surface area contributed by atoms with Gasteiger partial charge in [-0.15, -0.1) is 0 Å². The van der Waals surface area contributed by atoms with Gasteiger partial charge in [0.2, 0.25) is 0 Å². The van der Waals surface area contributed by atoms with Gasteiger partial charge in [0.1, 0.15) is 0 Å². The van der Waals surface area contributed by atoms with Gasteiger partial charge in [-0.05, 0) is 0 Å². The van der Waals surface area contributed by atoms with E-state index in [1.54, 1.807) is 0 Å². The standard InChI is InChI=1S/C4H11OSi.Cr.H2O.2O/c1-3-6(5)4-2;;;;/h6H,3-4H2,1-2H3;;1H2;;/q-1;+2;;;/p-1. The molecule has 0 saturated heterocycles. The van der Waals surface area contributed by atoms with Crippen molar-refractivity contribution in [1.82, 2.24) is 0 Å². The molecule has 0 aromatic carbocycles. The summed E-state index contributed by atoms with van der Waals surface area (Å²) in [5.74, 6) is 0. The summed E-state index contributed by atoms with van der Waals surface area (Å²) in [4.78, 5) is 0. The first-order valence-corrected chi connectivity index (χ1v) is 7.39. The minimum atomic E-state index is -4.86. The fraction of sp³-hybridized carbons (Fsp3) is 1.00. The van der Waals surface area contributed by atoms with Crippen LogP contribution in [0.2, 0.25) is 12.1 Å². The average Bonchev–Trinajstić information content (AvgIpc) is 1.81. The molecule has 0 spiro atoms. The van der Waals surface area contributed by atoms with Gasteiger partial charge in [-0.1, -0.05) is 0 Å². The quantitative estimate of drug-likeness (QED) is 0.675. The van der Waals surface area contributed by atoms with Crippen LogP contribution in [0.15, 0.2) is 0 Å². The van der Waals surface area contributed by atoms with Crippen LogP contribution in [0.3, 0.4) is 0 Å². The minimum absolute atomic E-state index is 0.737. The van der Waals surface area contributed by atoms with Crippen LogP contribution < -0.4 is 0 Å². The molecule has 0 atom stereocenters. The Morgan fingerprint density at radius 2 is 1.80 bits per heavy atom. The molecule has 0 unspecified atom stereocenters. The molecule has 4 nitrogen and oxygen atoms in total. The molecule has 0 amide bonds. The maximum absolute atomic E-state index is 10.2. The molecule has 0 aliphatic heterocycles. The van der Waals surface area contributed by atoms with Gasteiger partial charge in [-0.2, -0.15) is 0 Å². The average molecular weight is 204 g/mol. The molecule has 0 rings (SSSR count). The number of hydrogen-bond acceptors (Lipinski definition) is 3. The van der Waals surface area contributed by atoms with Crippen molar-refractivity contribution < 1.29 is 28.9 Å². The first-order chi connectivity index (χ1) is 4.49. The van der Waals surface area contributed by atoms with E-state index in [2.05, 4.69) is 3.48 Å². The first-order valence-electron chi connectivity index (χ1n) is 3.15. The van der Waals surface area contributed by atoms with E-state index < -0.39 is 22.7 Å². The molecule has 0 saturated carbocycles. The summed E-state index contributed by atoms with van der Waals surface area (Å²) < 4.78 is 33.2. The first kappa shape index (κ1) is 10.3. The number of hydrogen-bond donors (Lipinski definition) is 1. The van der Waals surface area contributed by atoms with Crippen LogP contribution in [0.5, 0.6) is 0 Å². The molecule has 1 N–H and O–H groups in total. The maximum atomic E-state index is 10.2. The van der Waals surface area contributed by atoms with Crippen molar-refractivity contribution in [1.29, 1.82) is 0 Å². The van der Waals surface area contributed by atoms with Gasteiger partial charge in [-0.3, -0.25) is 0 Å². The third-order valence-electron chi connectivity index (χ3n) is 1.17. The normalized spacial score (nSPS) is 12.4. The van der Waals surface area contributed by atoms with Crippen LogP contribution in [-0.2, 0) is 24.7 Å². The summed E-state index contributed by atoms with van der Waals surface area (Å²) in [5.41, 5.74) is 0. The Morgan fingerprint density at radius 3 is 1.90 bits per heavy atom. The van der Waals surface area contributed by atoms with Crippen molar-refractivity contribution >= 4 is 9.04 Å². The molecular formula is C4H12CrO4Si. The summed E-state index contributed by atoms with van der Waals surface area (Å²) in [6, 6.07) is 1.47. The van der Waals surface area contributed by atoms with Crippen molar-refractivity contribution in [2.75, 3.05) is 0 Å². The molecule has 6 heteroatoms. The van der Waals surface area contributed by atoms with Gasteiger partial charge >= 0.3 is 63.8 Å². The summed E-state index contributed by atoms with van der Waals surface area (Å²) in [6.07, 6.45) is 0. The van der Waals surface area contributed by atoms with Crippen molar-refractivity contribution in [3.05, 3.63) is 0 Å². The van der Waals surface area contributed by atoms with E-state index in [4.69, 9.17) is 4.16 Å². The van der Waals surface area contributed by atoms with E-state index in [9.17, 15) is 7.61 Å². The van der Waals surface area contributed by atoms with Crippen LogP contribution in [0, 0.1) is 0 Å². The van der Waals surface area contributed by atoms with Crippen LogP contribution >= 0.6 is 0 Å². The van der Waals surface area contributed by atoms with E-state index in [0.29, 0.717) is 0 Å². The Kier molecular flexibility index (Phi) is 4.32. The Labute approximate surface area is 64.3 Å². The summed E-state index contributed by atoms with van der Waals surface area (Å²) in [7, 11) is -1.62. The van der Waals surface area contributed by atoms with E-state index >= 15 is 0 Å². The third kappa shape index (κ3) is 5.09. The SMILES string of the molecule is CC[SiH](CC)[O][Cr](=[O])(=[O])[OH]. The van der Waals surface area contributed by atoms with E-state index in [1.807, 2.05) is 13.8 Å². The van der Waals surface area contributed by atoms with Crippen LogP contribution in [0.1, 0.15) is 13.8 Å². The summed E-state index contributed by atoms with van der Waals surface area (Å²) in [6.45, 7) is 3.73. The summed E-state index contributed by atoms with van der Waals surface area (Å²) in [5, 5.41) is 0. The van der Waals surface area contributed by atoms with Gasteiger partial charge in [-0.25, -0.2) is 0 Å². The molecule has 0 aromatic heterocycles. The summed E-state index contributed by atoms with van der Waals surface area (Å²) >= 11 is -4.86. The fourth-order valence-corrected chi connectivity index (χ4v) is 4.68. The molecule has 0 aliphatic rings. The molecular weight excluding hydrogens is 192 g/mol. The molecule has 10 heavy (non-hydrogen) atoms. The van der Waals surface area contributed by atoms with Crippen LogP contribution in [0.4, 0.5) is 0 Å². The molecule has 0 aliphatic carbocycles. The van der Waals surface area contributed by atoms with Crippen molar-refractivity contribution in [2.45, 2.75) is 25.9 Å². The van der Waals surface area contributed by atoms with E-state index in [1.165, 1.54) is 0 Å². The monoisotopic (exact) mass is 204 g/mol. The second kappa shape index (κ2) is 4.21.